The molecule has 1 heterocycles. The fourth-order valence-corrected chi connectivity index (χ4v) is 0.983. The molecule has 0 saturated heterocycles. The topological polar surface area (TPSA) is 18.5 Å². The third kappa shape index (κ3) is 1.09. The maximum Gasteiger partial charge on any atom is 0.586 e. The van der Waals surface area contributed by atoms with Gasteiger partial charge < -0.3 is 9.47 Å². The summed E-state index contributed by atoms with van der Waals surface area (Å²) in [6, 6.07) is 5.68. The van der Waals surface area contributed by atoms with E-state index in [4.69, 9.17) is 0 Å². The van der Waals surface area contributed by atoms with Crippen molar-refractivity contribution in [2.24, 2.45) is 0 Å². The zero-order valence-electron chi connectivity index (χ0n) is 6.23. The number of rotatable bonds is 0. The van der Waals surface area contributed by atoms with Crippen molar-refractivity contribution in [1.29, 1.82) is 0 Å². The van der Waals surface area contributed by atoms with Crippen molar-refractivity contribution in [3.8, 4) is 11.5 Å². The number of halogens is 2. The summed E-state index contributed by atoms with van der Waals surface area (Å²) in [5.74, 6) is 0.00519. The molecule has 0 unspecified atom stereocenters. The van der Waals surface area contributed by atoms with Crippen LogP contribution in [0.2, 0.25) is 0 Å². The van der Waals surface area contributed by atoms with Gasteiger partial charge in [0, 0.05) is 6.07 Å². The van der Waals surface area contributed by atoms with Crippen LogP contribution in [0.3, 0.4) is 0 Å². The van der Waals surface area contributed by atoms with Crippen molar-refractivity contribution in [2.45, 2.75) is 13.2 Å². The molecule has 0 fully saturated rings. The smallest absolute Gasteiger partial charge is 0.395 e. The summed E-state index contributed by atoms with van der Waals surface area (Å²) in [6.45, 7) is 1.74. The zero-order valence-corrected chi connectivity index (χ0v) is 6.23. The van der Waals surface area contributed by atoms with Gasteiger partial charge in [-0.2, -0.15) is 0 Å². The summed E-state index contributed by atoms with van der Waals surface area (Å²) in [5, 5.41) is 0. The average molecular weight is 171 g/mol. The predicted octanol–water partition coefficient (Wildman–Crippen LogP) is 2.12. The first-order chi connectivity index (χ1) is 5.57. The molecule has 0 aliphatic carbocycles. The molecule has 0 saturated carbocycles. The van der Waals surface area contributed by atoms with E-state index in [9.17, 15) is 8.78 Å². The molecule has 1 aliphatic heterocycles. The Balaban J connectivity index is 2.43. The summed E-state index contributed by atoms with van der Waals surface area (Å²) >= 11 is 0. The average Bonchev–Trinajstić information content (AvgIpc) is 2.21. The number of fused-ring (bicyclic) bond motifs is 1. The lowest BCUT2D eigenvalue weighted by Gasteiger charge is -2.04. The van der Waals surface area contributed by atoms with Gasteiger partial charge in [-0.05, 0) is 18.6 Å². The van der Waals surface area contributed by atoms with Crippen molar-refractivity contribution < 1.29 is 18.3 Å². The number of aryl methyl sites for hydroxylation is 1. The van der Waals surface area contributed by atoms with Crippen molar-refractivity contribution >= 4 is 0 Å². The molecule has 2 nitrogen and oxygen atoms in total. The molecule has 0 atom stereocenters. The van der Waals surface area contributed by atoms with Gasteiger partial charge in [0.15, 0.2) is 11.5 Å². The van der Waals surface area contributed by atoms with E-state index < -0.39 is 6.29 Å². The van der Waals surface area contributed by atoms with E-state index in [2.05, 4.69) is 15.5 Å². The Labute approximate surface area is 67.7 Å². The van der Waals surface area contributed by atoms with Crippen molar-refractivity contribution in [2.75, 3.05) is 0 Å². The molecule has 2 rings (SSSR count). The molecule has 0 amide bonds. The molecule has 1 aliphatic rings. The van der Waals surface area contributed by atoms with Crippen LogP contribution in [0.25, 0.3) is 0 Å². The maximum atomic E-state index is 12.4. The minimum Gasteiger partial charge on any atom is -0.395 e. The highest BCUT2D eigenvalue weighted by molar-refractivity contribution is 5.43. The minimum absolute atomic E-state index is 0.0278. The molecule has 0 N–H and O–H groups in total. The van der Waals surface area contributed by atoms with Gasteiger partial charge in [0.1, 0.15) is 0 Å². The summed E-state index contributed by atoms with van der Waals surface area (Å²) in [6.07, 6.45) is -3.54. The third-order valence-corrected chi connectivity index (χ3v) is 1.47. The molecule has 63 valence electrons. The van der Waals surface area contributed by atoms with E-state index in [1.807, 2.05) is 0 Å². The molecule has 0 aromatic heterocycles. The largest absolute Gasteiger partial charge is 0.586 e. The Morgan fingerprint density at radius 1 is 1.33 bits per heavy atom. The van der Waals surface area contributed by atoms with Gasteiger partial charge >= 0.3 is 6.29 Å². The highest BCUT2D eigenvalue weighted by Gasteiger charge is 2.43. The quantitative estimate of drug-likeness (QED) is 0.595. The van der Waals surface area contributed by atoms with Crippen LogP contribution in [0.1, 0.15) is 5.56 Å². The van der Waals surface area contributed by atoms with Crippen LogP contribution in [0.15, 0.2) is 12.1 Å². The number of benzene rings is 1. The first-order valence-corrected chi connectivity index (χ1v) is 3.36. The fraction of sp³-hybridized carbons (Fsp3) is 0.250. The van der Waals surface area contributed by atoms with Gasteiger partial charge in [-0.15, -0.1) is 8.78 Å². The summed E-state index contributed by atoms with van der Waals surface area (Å²) < 4.78 is 33.1. The Bertz CT molecular complexity index is 323. The molecular formula is C8H5F2O2. The minimum atomic E-state index is -3.54. The van der Waals surface area contributed by atoms with Gasteiger partial charge in [0.25, 0.3) is 0 Å². The second-order valence-corrected chi connectivity index (χ2v) is 2.50. The highest BCUT2D eigenvalue weighted by atomic mass is 19.3. The van der Waals surface area contributed by atoms with Crippen molar-refractivity contribution in [3.05, 3.63) is 23.8 Å². The monoisotopic (exact) mass is 171 g/mol. The Morgan fingerprint density at radius 2 is 2.08 bits per heavy atom. The van der Waals surface area contributed by atoms with Crippen LogP contribution in [0, 0.1) is 13.0 Å². The van der Waals surface area contributed by atoms with E-state index >= 15 is 0 Å². The maximum absolute atomic E-state index is 12.4. The molecular weight excluding hydrogens is 166 g/mol. The fourth-order valence-electron chi connectivity index (χ4n) is 0.983. The van der Waals surface area contributed by atoms with Gasteiger partial charge in [0.2, 0.25) is 0 Å². The summed E-state index contributed by atoms with van der Waals surface area (Å²) in [7, 11) is 0. The molecule has 4 heteroatoms. The molecule has 1 aromatic carbocycles. The zero-order chi connectivity index (χ0) is 8.77. The summed E-state index contributed by atoms with van der Waals surface area (Å²) in [5.41, 5.74) is 0.732. The van der Waals surface area contributed by atoms with E-state index in [1.165, 1.54) is 6.07 Å². The molecule has 0 bridgehead atoms. The van der Waals surface area contributed by atoms with Gasteiger partial charge in [-0.25, -0.2) is 0 Å². The van der Waals surface area contributed by atoms with Crippen molar-refractivity contribution in [3.63, 3.8) is 0 Å². The number of hydrogen-bond donors (Lipinski definition) is 0. The van der Waals surface area contributed by atoms with Crippen LogP contribution < -0.4 is 9.47 Å². The lowest BCUT2D eigenvalue weighted by atomic mass is 10.2. The van der Waals surface area contributed by atoms with Crippen LogP contribution in [0.4, 0.5) is 8.78 Å². The summed E-state index contributed by atoms with van der Waals surface area (Å²) in [4.78, 5) is 0. The van der Waals surface area contributed by atoms with Crippen LogP contribution in [-0.4, -0.2) is 6.29 Å². The van der Waals surface area contributed by atoms with Crippen LogP contribution in [0.5, 0.6) is 11.5 Å². The Morgan fingerprint density at radius 3 is 2.83 bits per heavy atom. The predicted molar refractivity (Wildman–Crippen MR) is 36.2 cm³/mol. The molecule has 12 heavy (non-hydrogen) atoms. The number of hydrogen-bond acceptors (Lipinski definition) is 2. The van der Waals surface area contributed by atoms with Gasteiger partial charge in [0.05, 0.1) is 0 Å². The Kier molecular flexibility index (Phi) is 1.28. The van der Waals surface area contributed by atoms with Crippen LogP contribution >= 0.6 is 0 Å². The third-order valence-electron chi connectivity index (χ3n) is 1.47. The van der Waals surface area contributed by atoms with E-state index in [1.54, 1.807) is 13.0 Å². The first kappa shape index (κ1) is 7.34. The first-order valence-electron chi connectivity index (χ1n) is 3.36. The van der Waals surface area contributed by atoms with E-state index in [0.717, 1.165) is 5.56 Å². The molecule has 1 radical (unpaired) electrons. The second kappa shape index (κ2) is 2.09. The number of ether oxygens (including phenoxy) is 2. The SMILES string of the molecule is Cc1[c]c2c(cc1)OC(F)(F)O2. The highest BCUT2D eigenvalue weighted by Crippen LogP contribution is 2.40. The molecule has 0 spiro atoms. The van der Waals surface area contributed by atoms with E-state index in [0.29, 0.717) is 0 Å². The lowest BCUT2D eigenvalue weighted by molar-refractivity contribution is -0.286. The Hall–Kier alpha value is -1.32. The lowest BCUT2D eigenvalue weighted by Crippen LogP contribution is -2.25. The van der Waals surface area contributed by atoms with Crippen LogP contribution in [-0.2, 0) is 0 Å². The number of alkyl halides is 2. The standard InChI is InChI=1S/C8H5F2O2/c1-5-2-3-6-7(4-5)12-8(9,10)11-6/h2-3H,1H3. The normalized spacial score (nSPS) is 17.9. The van der Waals surface area contributed by atoms with Crippen molar-refractivity contribution in [1.82, 2.24) is 0 Å². The molecule has 1 aromatic rings. The van der Waals surface area contributed by atoms with Gasteiger partial charge in [-0.3, -0.25) is 0 Å². The second-order valence-electron chi connectivity index (χ2n) is 2.50. The van der Waals surface area contributed by atoms with E-state index in [-0.39, 0.29) is 11.5 Å². The van der Waals surface area contributed by atoms with Gasteiger partial charge in [-0.1, -0.05) is 6.07 Å².